The van der Waals surface area contributed by atoms with Crippen molar-refractivity contribution in [2.75, 3.05) is 6.54 Å². The lowest BCUT2D eigenvalue weighted by Gasteiger charge is -2.09. The maximum atomic E-state index is 4.43. The zero-order chi connectivity index (χ0) is 11.8. The molecule has 2 N–H and O–H groups in total. The van der Waals surface area contributed by atoms with Crippen molar-refractivity contribution in [3.8, 4) is 0 Å². The van der Waals surface area contributed by atoms with Gasteiger partial charge in [0.05, 0.1) is 6.54 Å². The maximum Gasteiger partial charge on any atom is 0.191 e. The average molecular weight is 294 g/mol. The van der Waals surface area contributed by atoms with Gasteiger partial charge in [0, 0.05) is 22.5 Å². The number of aliphatic imine (C=N–C) groups is 1. The number of rotatable bonds is 2. The van der Waals surface area contributed by atoms with Gasteiger partial charge in [-0.05, 0) is 25.0 Å². The highest BCUT2D eigenvalue weighted by Gasteiger charge is 2.40. The van der Waals surface area contributed by atoms with E-state index < -0.39 is 0 Å². The molecule has 1 unspecified atom stereocenters. The van der Waals surface area contributed by atoms with E-state index >= 15 is 0 Å². The number of nitrogens with zero attached hydrogens (tertiary/aromatic N) is 1. The lowest BCUT2D eigenvalue weighted by Crippen LogP contribution is -2.39. The van der Waals surface area contributed by atoms with Crippen molar-refractivity contribution in [3.63, 3.8) is 0 Å². The molecule has 2 aliphatic rings. The number of nitrogens with one attached hydrogen (secondary N) is 2. The second-order valence-electron chi connectivity index (χ2n) is 4.85. The van der Waals surface area contributed by atoms with E-state index in [9.17, 15) is 0 Å². The number of hydrogen-bond acceptors (Lipinski definition) is 3. The second kappa shape index (κ2) is 4.33. The van der Waals surface area contributed by atoms with Gasteiger partial charge in [-0.2, -0.15) is 0 Å². The number of benzene rings is 1. The molecule has 17 heavy (non-hydrogen) atoms. The number of hydrogen-bond donors (Lipinski definition) is 2. The third-order valence-corrected chi connectivity index (χ3v) is 4.05. The van der Waals surface area contributed by atoms with Gasteiger partial charge < -0.3 is 10.6 Å². The summed E-state index contributed by atoms with van der Waals surface area (Å²) >= 11 is 3.61. The highest BCUT2D eigenvalue weighted by atomic mass is 79.9. The van der Waals surface area contributed by atoms with Gasteiger partial charge in [-0.1, -0.05) is 34.1 Å². The molecule has 0 amide bonds. The standard InChI is InChI=1S/C13H16BrN3/c1-8-7-15-13(16-8)17-12-6-10(12)9-4-2-3-5-11(9)14/h2-5,8,10,12H,6-7H2,1H3,(H2,15,16,17)/t8?,10-,12+/m0/s1. The molecule has 4 heteroatoms. The van der Waals surface area contributed by atoms with E-state index in [1.54, 1.807) is 0 Å². The van der Waals surface area contributed by atoms with Gasteiger partial charge in [0.2, 0.25) is 0 Å². The van der Waals surface area contributed by atoms with E-state index in [-0.39, 0.29) is 0 Å². The van der Waals surface area contributed by atoms with Crippen LogP contribution in [0, 0.1) is 0 Å². The minimum absolute atomic E-state index is 0.471. The third kappa shape index (κ3) is 2.32. The largest absolute Gasteiger partial charge is 0.353 e. The average Bonchev–Trinajstić information content (AvgIpc) is 2.93. The molecular formula is C13H16BrN3. The van der Waals surface area contributed by atoms with Crippen molar-refractivity contribution in [2.24, 2.45) is 4.99 Å². The molecule has 0 saturated heterocycles. The van der Waals surface area contributed by atoms with E-state index in [4.69, 9.17) is 0 Å². The quantitative estimate of drug-likeness (QED) is 0.877. The summed E-state index contributed by atoms with van der Waals surface area (Å²) in [5, 5.41) is 6.82. The molecule has 1 fully saturated rings. The third-order valence-electron chi connectivity index (χ3n) is 3.32. The Kier molecular flexibility index (Phi) is 2.82. The molecule has 1 aromatic rings. The molecule has 1 aromatic carbocycles. The second-order valence-corrected chi connectivity index (χ2v) is 5.70. The Labute approximate surface area is 110 Å². The molecule has 3 rings (SSSR count). The van der Waals surface area contributed by atoms with Crippen molar-refractivity contribution < 1.29 is 0 Å². The van der Waals surface area contributed by atoms with Gasteiger partial charge in [-0.3, -0.25) is 4.99 Å². The van der Waals surface area contributed by atoms with Crippen molar-refractivity contribution in [1.29, 1.82) is 0 Å². The van der Waals surface area contributed by atoms with Crippen molar-refractivity contribution >= 4 is 21.9 Å². The highest BCUT2D eigenvalue weighted by molar-refractivity contribution is 9.10. The zero-order valence-electron chi connectivity index (χ0n) is 9.78. The SMILES string of the molecule is CC1CN=C(N[C@@H]2C[C@H]2c2ccccc2Br)N1. The molecule has 3 nitrogen and oxygen atoms in total. The Morgan fingerprint density at radius 1 is 1.41 bits per heavy atom. The summed E-state index contributed by atoms with van der Waals surface area (Å²) in [5.41, 5.74) is 1.40. The van der Waals surface area contributed by atoms with Crippen LogP contribution in [0.1, 0.15) is 24.8 Å². The maximum absolute atomic E-state index is 4.43. The molecule has 0 aromatic heterocycles. The zero-order valence-corrected chi connectivity index (χ0v) is 11.4. The van der Waals surface area contributed by atoms with Crippen LogP contribution in [-0.2, 0) is 0 Å². The van der Waals surface area contributed by atoms with Crippen LogP contribution in [0.5, 0.6) is 0 Å². The highest BCUT2D eigenvalue weighted by Crippen LogP contribution is 2.43. The lowest BCUT2D eigenvalue weighted by molar-refractivity contribution is 0.711. The van der Waals surface area contributed by atoms with Gasteiger partial charge in [-0.25, -0.2) is 0 Å². The van der Waals surface area contributed by atoms with Crippen LogP contribution in [-0.4, -0.2) is 24.6 Å². The molecule has 0 radical (unpaired) electrons. The van der Waals surface area contributed by atoms with Crippen molar-refractivity contribution in [1.82, 2.24) is 10.6 Å². The van der Waals surface area contributed by atoms with Gasteiger partial charge in [0.25, 0.3) is 0 Å². The summed E-state index contributed by atoms with van der Waals surface area (Å²) < 4.78 is 1.21. The molecule has 3 atom stereocenters. The number of guanidine groups is 1. The van der Waals surface area contributed by atoms with Crippen LogP contribution < -0.4 is 10.6 Å². The summed E-state index contributed by atoms with van der Waals surface area (Å²) in [7, 11) is 0. The number of halogens is 1. The topological polar surface area (TPSA) is 36.4 Å². The van der Waals surface area contributed by atoms with Gasteiger partial charge in [-0.15, -0.1) is 0 Å². The minimum Gasteiger partial charge on any atom is -0.353 e. The van der Waals surface area contributed by atoms with E-state index in [1.807, 2.05) is 0 Å². The van der Waals surface area contributed by atoms with Crippen LogP contribution in [0.25, 0.3) is 0 Å². The first-order valence-corrected chi connectivity index (χ1v) is 6.85. The van der Waals surface area contributed by atoms with Crippen molar-refractivity contribution in [2.45, 2.75) is 31.3 Å². The normalized spacial score (nSPS) is 30.7. The molecule has 1 aliphatic carbocycles. The van der Waals surface area contributed by atoms with Crippen LogP contribution in [0.2, 0.25) is 0 Å². The lowest BCUT2D eigenvalue weighted by atomic mass is 10.1. The molecule has 0 bridgehead atoms. The molecule has 1 heterocycles. The fourth-order valence-corrected chi connectivity index (χ4v) is 2.87. The van der Waals surface area contributed by atoms with Crippen LogP contribution in [0.3, 0.4) is 0 Å². The summed E-state index contributed by atoms with van der Waals surface area (Å²) in [5.74, 6) is 1.59. The smallest absolute Gasteiger partial charge is 0.191 e. The first-order valence-electron chi connectivity index (χ1n) is 6.06. The van der Waals surface area contributed by atoms with E-state index in [2.05, 4.69) is 62.7 Å². The summed E-state index contributed by atoms with van der Waals surface area (Å²) in [4.78, 5) is 4.43. The van der Waals surface area contributed by atoms with Crippen molar-refractivity contribution in [3.05, 3.63) is 34.3 Å². The molecular weight excluding hydrogens is 278 g/mol. The monoisotopic (exact) mass is 293 g/mol. The molecule has 90 valence electrons. The van der Waals surface area contributed by atoms with Gasteiger partial charge in [0.15, 0.2) is 5.96 Å². The van der Waals surface area contributed by atoms with E-state index in [1.165, 1.54) is 16.5 Å². The van der Waals surface area contributed by atoms with E-state index in [0.29, 0.717) is 18.0 Å². The first-order chi connectivity index (χ1) is 8.24. The van der Waals surface area contributed by atoms with Crippen LogP contribution in [0.15, 0.2) is 33.7 Å². The fraction of sp³-hybridized carbons (Fsp3) is 0.462. The first kappa shape index (κ1) is 11.1. The predicted molar refractivity (Wildman–Crippen MR) is 73.3 cm³/mol. The van der Waals surface area contributed by atoms with Gasteiger partial charge in [0.1, 0.15) is 0 Å². The Bertz CT molecular complexity index is 458. The molecule has 0 spiro atoms. The molecule has 1 aliphatic heterocycles. The Morgan fingerprint density at radius 3 is 2.94 bits per heavy atom. The Morgan fingerprint density at radius 2 is 2.24 bits per heavy atom. The Hall–Kier alpha value is -1.03. The summed E-state index contributed by atoms with van der Waals surface area (Å²) in [6.45, 7) is 3.03. The Balaban J connectivity index is 1.62. The van der Waals surface area contributed by atoms with Gasteiger partial charge >= 0.3 is 0 Å². The van der Waals surface area contributed by atoms with E-state index in [0.717, 1.165) is 12.5 Å². The minimum atomic E-state index is 0.471. The predicted octanol–water partition coefficient (Wildman–Crippen LogP) is 2.24. The summed E-state index contributed by atoms with van der Waals surface area (Å²) in [6, 6.07) is 9.47. The van der Waals surface area contributed by atoms with Crippen LogP contribution in [0.4, 0.5) is 0 Å². The fourth-order valence-electron chi connectivity index (χ4n) is 2.29. The van der Waals surface area contributed by atoms with Crippen LogP contribution >= 0.6 is 15.9 Å². The molecule has 1 saturated carbocycles. The summed E-state index contributed by atoms with van der Waals surface area (Å²) in [6.07, 6.45) is 1.19.